The third kappa shape index (κ3) is 6.57. The molecule has 1 heterocycles. The molecule has 0 aliphatic rings. The van der Waals surface area contributed by atoms with Gasteiger partial charge in [0, 0.05) is 21.5 Å². The second-order valence-electron chi connectivity index (χ2n) is 8.40. The Morgan fingerprint density at radius 1 is 0.795 bits per heavy atom. The van der Waals surface area contributed by atoms with E-state index < -0.39 is 17.0 Å². The molecule has 0 saturated carbocycles. The number of anilines is 2. The number of thioether (sulfide) groups is 1. The zero-order chi connectivity index (χ0) is 27.2. The minimum Gasteiger partial charge on any atom is -0.322 e. The Bertz CT molecular complexity index is 1590. The fourth-order valence-electron chi connectivity index (χ4n) is 3.75. The first-order valence-electron chi connectivity index (χ1n) is 11.9. The van der Waals surface area contributed by atoms with Crippen LogP contribution in [0.25, 0.3) is 11.3 Å². The van der Waals surface area contributed by atoms with Gasteiger partial charge in [0.2, 0.25) is 5.91 Å². The van der Waals surface area contributed by atoms with E-state index in [1.54, 1.807) is 42.5 Å². The minimum atomic E-state index is -0.594. The number of hydrogen-bond acceptors (Lipinski definition) is 5. The van der Waals surface area contributed by atoms with E-state index in [1.165, 1.54) is 53.4 Å². The van der Waals surface area contributed by atoms with E-state index in [0.717, 1.165) is 16.0 Å². The highest BCUT2D eigenvalue weighted by molar-refractivity contribution is 8.00. The maximum atomic E-state index is 13.9. The molecule has 0 spiro atoms. The van der Waals surface area contributed by atoms with E-state index in [-0.39, 0.29) is 17.3 Å². The first-order valence-corrected chi connectivity index (χ1v) is 13.6. The molecule has 0 radical (unpaired) electrons. The highest BCUT2D eigenvalue weighted by atomic mass is 32.2. The lowest BCUT2D eigenvalue weighted by molar-refractivity contribution is -0.115. The smallest absolute Gasteiger partial charge is 0.258 e. The van der Waals surface area contributed by atoms with Crippen molar-refractivity contribution in [3.8, 4) is 11.3 Å². The van der Waals surface area contributed by atoms with Crippen LogP contribution in [-0.2, 0) is 4.79 Å². The summed E-state index contributed by atoms with van der Waals surface area (Å²) in [6, 6.07) is 28.2. The maximum Gasteiger partial charge on any atom is 0.258 e. The molecule has 1 unspecified atom stereocenters. The lowest BCUT2D eigenvalue weighted by Crippen LogP contribution is -2.19. The summed E-state index contributed by atoms with van der Waals surface area (Å²) in [5, 5.41) is 7.26. The topological polar surface area (TPSA) is 71.1 Å². The van der Waals surface area contributed by atoms with Crippen LogP contribution >= 0.6 is 23.1 Å². The van der Waals surface area contributed by atoms with Crippen molar-refractivity contribution in [1.82, 2.24) is 4.98 Å². The van der Waals surface area contributed by atoms with Gasteiger partial charge in [0.05, 0.1) is 11.3 Å². The number of halogens is 2. The Labute approximate surface area is 231 Å². The summed E-state index contributed by atoms with van der Waals surface area (Å²) >= 11 is 2.64. The van der Waals surface area contributed by atoms with Crippen molar-refractivity contribution in [2.75, 3.05) is 10.6 Å². The number of amides is 2. The molecule has 194 valence electrons. The predicted molar refractivity (Wildman–Crippen MR) is 152 cm³/mol. The first kappa shape index (κ1) is 26.3. The largest absolute Gasteiger partial charge is 0.322 e. The van der Waals surface area contributed by atoms with Crippen molar-refractivity contribution >= 4 is 45.7 Å². The van der Waals surface area contributed by atoms with Gasteiger partial charge in [-0.1, -0.05) is 42.5 Å². The van der Waals surface area contributed by atoms with Gasteiger partial charge in [-0.3, -0.25) is 9.59 Å². The molecule has 0 bridgehead atoms. The number of carbonyl (C=O) groups excluding carboxylic acids is 2. The fraction of sp³-hybridized carbons (Fsp3) is 0.0333. The van der Waals surface area contributed by atoms with Crippen LogP contribution < -0.4 is 10.6 Å². The van der Waals surface area contributed by atoms with Crippen LogP contribution in [0.1, 0.15) is 21.2 Å². The van der Waals surface area contributed by atoms with E-state index in [4.69, 9.17) is 0 Å². The Morgan fingerprint density at radius 3 is 2.21 bits per heavy atom. The van der Waals surface area contributed by atoms with Gasteiger partial charge in [-0.05, 0) is 66.2 Å². The van der Waals surface area contributed by atoms with Gasteiger partial charge in [0.15, 0.2) is 5.13 Å². The van der Waals surface area contributed by atoms with Crippen LogP contribution in [0.5, 0.6) is 0 Å². The number of rotatable bonds is 8. The molecule has 39 heavy (non-hydrogen) atoms. The Hall–Kier alpha value is -4.34. The summed E-state index contributed by atoms with van der Waals surface area (Å²) in [4.78, 5) is 31.1. The van der Waals surface area contributed by atoms with Crippen molar-refractivity contribution in [3.05, 3.63) is 131 Å². The molecule has 0 saturated heterocycles. The van der Waals surface area contributed by atoms with Crippen LogP contribution in [0, 0.1) is 11.6 Å². The quantitative estimate of drug-likeness (QED) is 0.191. The molecule has 5 nitrogen and oxygen atoms in total. The Morgan fingerprint density at radius 2 is 1.49 bits per heavy atom. The van der Waals surface area contributed by atoms with Crippen LogP contribution in [-0.4, -0.2) is 16.8 Å². The zero-order valence-corrected chi connectivity index (χ0v) is 21.9. The van der Waals surface area contributed by atoms with E-state index in [1.807, 2.05) is 35.7 Å². The SMILES string of the molecule is O=C(Nc1ccc(SC(C(=O)Nc2nc(-c3ccc(F)cc3)cs2)c2ccccc2)cc1)c1ccccc1F. The molecule has 4 aromatic carbocycles. The molecule has 9 heteroatoms. The van der Waals surface area contributed by atoms with Crippen LogP contribution in [0.15, 0.2) is 113 Å². The van der Waals surface area contributed by atoms with E-state index >= 15 is 0 Å². The highest BCUT2D eigenvalue weighted by Gasteiger charge is 2.23. The number of nitrogens with one attached hydrogen (secondary N) is 2. The molecule has 1 aromatic heterocycles. The summed E-state index contributed by atoms with van der Waals surface area (Å²) in [6.07, 6.45) is 0. The molecule has 5 rings (SSSR count). The second-order valence-corrected chi connectivity index (χ2v) is 10.4. The summed E-state index contributed by atoms with van der Waals surface area (Å²) < 4.78 is 27.2. The molecule has 0 aliphatic carbocycles. The fourth-order valence-corrected chi connectivity index (χ4v) is 5.50. The molecular weight excluding hydrogens is 536 g/mol. The van der Waals surface area contributed by atoms with Crippen molar-refractivity contribution < 1.29 is 18.4 Å². The van der Waals surface area contributed by atoms with E-state index in [0.29, 0.717) is 16.5 Å². The molecular formula is C30H21F2N3O2S2. The zero-order valence-electron chi connectivity index (χ0n) is 20.3. The number of thiazole rings is 1. The lowest BCUT2D eigenvalue weighted by Gasteiger charge is -2.16. The molecule has 0 fully saturated rings. The van der Waals surface area contributed by atoms with Crippen molar-refractivity contribution in [3.63, 3.8) is 0 Å². The summed E-state index contributed by atoms with van der Waals surface area (Å²) in [5.74, 6) is -1.71. The predicted octanol–water partition coefficient (Wildman–Crippen LogP) is 7.81. The Balaban J connectivity index is 1.30. The minimum absolute atomic E-state index is 0.0402. The third-order valence-electron chi connectivity index (χ3n) is 5.70. The van der Waals surface area contributed by atoms with Gasteiger partial charge >= 0.3 is 0 Å². The number of hydrogen-bond donors (Lipinski definition) is 2. The van der Waals surface area contributed by atoms with Crippen LogP contribution in [0.4, 0.5) is 19.6 Å². The number of carbonyl (C=O) groups is 2. The van der Waals surface area contributed by atoms with Crippen molar-refractivity contribution in [2.45, 2.75) is 10.1 Å². The van der Waals surface area contributed by atoms with E-state index in [2.05, 4.69) is 15.6 Å². The molecule has 5 aromatic rings. The van der Waals surface area contributed by atoms with Gasteiger partial charge in [-0.15, -0.1) is 23.1 Å². The van der Waals surface area contributed by atoms with Gasteiger partial charge < -0.3 is 10.6 Å². The third-order valence-corrected chi connectivity index (χ3v) is 7.72. The summed E-state index contributed by atoms with van der Waals surface area (Å²) in [5.41, 5.74) is 2.68. The molecule has 1 atom stereocenters. The van der Waals surface area contributed by atoms with Gasteiger partial charge in [0.25, 0.3) is 5.91 Å². The van der Waals surface area contributed by atoms with Crippen molar-refractivity contribution in [1.29, 1.82) is 0 Å². The second kappa shape index (κ2) is 12.0. The standard InChI is InChI=1S/C30H21F2N3O2S2/c31-21-12-10-19(11-13-21)26-18-38-30(34-26)35-29(37)27(20-6-2-1-3-7-20)39-23-16-14-22(15-17-23)33-28(36)24-8-4-5-9-25(24)32/h1-18,27H,(H,33,36)(H,34,35,37). The molecule has 2 N–H and O–H groups in total. The number of aromatic nitrogens is 1. The van der Waals surface area contributed by atoms with Crippen LogP contribution in [0.2, 0.25) is 0 Å². The average Bonchev–Trinajstić information content (AvgIpc) is 3.42. The van der Waals surface area contributed by atoms with Crippen molar-refractivity contribution in [2.24, 2.45) is 0 Å². The van der Waals surface area contributed by atoms with Crippen LogP contribution in [0.3, 0.4) is 0 Å². The number of nitrogens with zero attached hydrogens (tertiary/aromatic N) is 1. The molecule has 2 amide bonds. The highest BCUT2D eigenvalue weighted by Crippen LogP contribution is 2.37. The Kier molecular flexibility index (Phi) is 8.10. The average molecular weight is 558 g/mol. The first-order chi connectivity index (χ1) is 19.0. The number of benzene rings is 4. The van der Waals surface area contributed by atoms with Gasteiger partial charge in [-0.25, -0.2) is 13.8 Å². The maximum absolute atomic E-state index is 13.9. The summed E-state index contributed by atoms with van der Waals surface area (Å²) in [7, 11) is 0. The van der Waals surface area contributed by atoms with E-state index in [9.17, 15) is 18.4 Å². The normalized spacial score (nSPS) is 11.5. The van der Waals surface area contributed by atoms with Gasteiger partial charge in [-0.2, -0.15) is 0 Å². The summed E-state index contributed by atoms with van der Waals surface area (Å²) in [6.45, 7) is 0. The molecule has 0 aliphatic heterocycles. The van der Waals surface area contributed by atoms with Gasteiger partial charge in [0.1, 0.15) is 16.9 Å². The lowest BCUT2D eigenvalue weighted by atomic mass is 10.1. The monoisotopic (exact) mass is 557 g/mol.